The van der Waals surface area contributed by atoms with Crippen LogP contribution < -0.4 is 0 Å². The Morgan fingerprint density at radius 2 is 1.96 bits per heavy atom. The van der Waals surface area contributed by atoms with Gasteiger partial charge in [0, 0.05) is 23.7 Å². The van der Waals surface area contributed by atoms with Gasteiger partial charge in [-0.2, -0.15) is 5.10 Å². The highest BCUT2D eigenvalue weighted by molar-refractivity contribution is 5.54. The molecule has 4 fully saturated rings. The van der Waals surface area contributed by atoms with Crippen LogP contribution in [0.4, 0.5) is 0 Å². The van der Waals surface area contributed by atoms with Crippen molar-refractivity contribution in [3.05, 3.63) is 23.5 Å². The van der Waals surface area contributed by atoms with E-state index in [9.17, 15) is 5.11 Å². The molecule has 3 nitrogen and oxygen atoms in total. The van der Waals surface area contributed by atoms with E-state index in [1.807, 2.05) is 10.9 Å². The first-order valence-corrected chi connectivity index (χ1v) is 11.9. The predicted octanol–water partition coefficient (Wildman–Crippen LogP) is 5.69. The molecule has 0 unspecified atom stereocenters. The maximum absolute atomic E-state index is 11.4. The highest BCUT2D eigenvalue weighted by atomic mass is 16.3. The fraction of sp³-hybridized carbons (Fsp3) is 0.800. The van der Waals surface area contributed by atoms with Crippen molar-refractivity contribution in [3.63, 3.8) is 0 Å². The lowest BCUT2D eigenvalue weighted by Crippen LogP contribution is -2.53. The van der Waals surface area contributed by atoms with Gasteiger partial charge in [0.2, 0.25) is 0 Å². The SMILES string of the molecule is CCn1cc(/C=C2\C[C@@H]3[C@H]4CC[C@H]5CCCC[C@]5(C)[C@@H]4CC[C@]3(C)[C@H]2O)cn1. The molecule has 5 rings (SSSR count). The van der Waals surface area contributed by atoms with Gasteiger partial charge in [-0.15, -0.1) is 0 Å². The zero-order valence-electron chi connectivity index (χ0n) is 18.0. The van der Waals surface area contributed by atoms with E-state index in [-0.39, 0.29) is 11.5 Å². The second-order valence-electron chi connectivity index (χ2n) is 10.9. The maximum atomic E-state index is 11.4. The van der Waals surface area contributed by atoms with Crippen LogP contribution in [-0.4, -0.2) is 21.0 Å². The molecule has 0 aliphatic heterocycles. The van der Waals surface area contributed by atoms with Crippen molar-refractivity contribution in [1.82, 2.24) is 9.78 Å². The average Bonchev–Trinajstić information content (AvgIpc) is 3.25. The fourth-order valence-corrected chi connectivity index (χ4v) is 8.14. The third-order valence-corrected chi connectivity index (χ3v) is 9.78. The van der Waals surface area contributed by atoms with Crippen LogP contribution in [0.5, 0.6) is 0 Å². The number of aryl methyl sites for hydroxylation is 1. The minimum Gasteiger partial charge on any atom is -0.388 e. The van der Waals surface area contributed by atoms with Crippen molar-refractivity contribution in [2.45, 2.75) is 91.2 Å². The van der Waals surface area contributed by atoms with Crippen LogP contribution in [0.25, 0.3) is 6.08 Å². The fourth-order valence-electron chi connectivity index (χ4n) is 8.14. The van der Waals surface area contributed by atoms with E-state index in [2.05, 4.69) is 38.1 Å². The molecule has 1 N–H and O–H groups in total. The van der Waals surface area contributed by atoms with Gasteiger partial charge in [-0.05, 0) is 86.5 Å². The Kier molecular flexibility index (Phi) is 4.54. The van der Waals surface area contributed by atoms with Gasteiger partial charge >= 0.3 is 0 Å². The molecule has 1 aromatic rings. The van der Waals surface area contributed by atoms with Gasteiger partial charge in [0.15, 0.2) is 0 Å². The Morgan fingerprint density at radius 1 is 1.11 bits per heavy atom. The van der Waals surface area contributed by atoms with Crippen molar-refractivity contribution in [1.29, 1.82) is 0 Å². The molecule has 0 saturated heterocycles. The standard InChI is InChI=1S/C25H38N2O/c1-4-27-16-17(15-26-27)13-18-14-22-20-9-8-19-7-5-6-11-24(19,2)21(20)10-12-25(22,3)23(18)28/h13,15-16,19-23,28H,4-12,14H2,1-3H3/b18-13+/t19-,20+,21-,22-,23+,24+,25+/m1/s1. The molecule has 154 valence electrons. The molecule has 1 aromatic heterocycles. The molecule has 0 bridgehead atoms. The molecule has 4 aliphatic carbocycles. The Bertz CT molecular complexity index is 766. The second-order valence-corrected chi connectivity index (χ2v) is 10.9. The molecule has 0 amide bonds. The first-order valence-electron chi connectivity index (χ1n) is 11.9. The van der Waals surface area contributed by atoms with Crippen LogP contribution in [-0.2, 0) is 6.54 Å². The summed E-state index contributed by atoms with van der Waals surface area (Å²) >= 11 is 0. The van der Waals surface area contributed by atoms with Gasteiger partial charge in [-0.3, -0.25) is 4.68 Å². The van der Waals surface area contributed by atoms with Crippen molar-refractivity contribution in [2.24, 2.45) is 34.5 Å². The number of rotatable bonds is 2. The lowest BCUT2D eigenvalue weighted by atomic mass is 9.45. The molecule has 28 heavy (non-hydrogen) atoms. The Labute approximate surface area is 170 Å². The van der Waals surface area contributed by atoms with Gasteiger partial charge < -0.3 is 5.11 Å². The molecule has 7 atom stereocenters. The Balaban J connectivity index is 1.44. The lowest BCUT2D eigenvalue weighted by molar-refractivity contribution is -0.119. The van der Waals surface area contributed by atoms with Gasteiger partial charge in [-0.1, -0.05) is 32.8 Å². The van der Waals surface area contributed by atoms with Crippen molar-refractivity contribution < 1.29 is 5.11 Å². The molecule has 0 aromatic carbocycles. The highest BCUT2D eigenvalue weighted by Gasteiger charge is 2.60. The summed E-state index contributed by atoms with van der Waals surface area (Å²) in [5.41, 5.74) is 3.06. The first-order chi connectivity index (χ1) is 13.5. The molecule has 0 spiro atoms. The van der Waals surface area contributed by atoms with E-state index < -0.39 is 0 Å². The summed E-state index contributed by atoms with van der Waals surface area (Å²) in [6, 6.07) is 0. The van der Waals surface area contributed by atoms with Crippen molar-refractivity contribution in [2.75, 3.05) is 0 Å². The Hall–Kier alpha value is -1.09. The Morgan fingerprint density at radius 3 is 2.75 bits per heavy atom. The van der Waals surface area contributed by atoms with Crippen molar-refractivity contribution >= 4 is 6.08 Å². The van der Waals surface area contributed by atoms with E-state index in [0.717, 1.165) is 36.3 Å². The number of aromatic nitrogens is 2. The monoisotopic (exact) mass is 382 g/mol. The average molecular weight is 383 g/mol. The van der Waals surface area contributed by atoms with E-state index in [0.29, 0.717) is 11.3 Å². The molecule has 1 heterocycles. The number of hydrogen-bond donors (Lipinski definition) is 1. The number of aliphatic hydroxyl groups excluding tert-OH is 1. The predicted molar refractivity (Wildman–Crippen MR) is 114 cm³/mol. The topological polar surface area (TPSA) is 38.0 Å². The molecular weight excluding hydrogens is 344 g/mol. The molecule has 4 saturated carbocycles. The lowest BCUT2D eigenvalue weighted by Gasteiger charge is -2.60. The van der Waals surface area contributed by atoms with E-state index in [1.165, 1.54) is 56.9 Å². The summed E-state index contributed by atoms with van der Waals surface area (Å²) in [5.74, 6) is 3.33. The van der Waals surface area contributed by atoms with E-state index >= 15 is 0 Å². The first kappa shape index (κ1) is 18.9. The second kappa shape index (κ2) is 6.72. The third-order valence-electron chi connectivity index (χ3n) is 9.78. The van der Waals surface area contributed by atoms with Crippen LogP contribution in [0.15, 0.2) is 18.0 Å². The third kappa shape index (κ3) is 2.68. The summed E-state index contributed by atoms with van der Waals surface area (Å²) in [7, 11) is 0. The maximum Gasteiger partial charge on any atom is 0.0809 e. The molecular formula is C25H38N2O. The summed E-state index contributed by atoms with van der Waals surface area (Å²) in [6.45, 7) is 8.05. The number of fused-ring (bicyclic) bond motifs is 5. The molecule has 3 heteroatoms. The molecule has 0 radical (unpaired) electrons. The number of hydrogen-bond acceptors (Lipinski definition) is 2. The largest absolute Gasteiger partial charge is 0.388 e. The summed E-state index contributed by atoms with van der Waals surface area (Å²) in [5, 5.41) is 15.8. The normalized spacial score (nSPS) is 46.9. The van der Waals surface area contributed by atoms with Gasteiger partial charge in [0.1, 0.15) is 0 Å². The van der Waals surface area contributed by atoms with Crippen molar-refractivity contribution in [3.8, 4) is 0 Å². The van der Waals surface area contributed by atoms with Crippen LogP contribution in [0.3, 0.4) is 0 Å². The highest BCUT2D eigenvalue weighted by Crippen LogP contribution is 2.67. The van der Waals surface area contributed by atoms with E-state index in [1.54, 1.807) is 0 Å². The smallest absolute Gasteiger partial charge is 0.0809 e. The summed E-state index contributed by atoms with van der Waals surface area (Å²) in [4.78, 5) is 0. The minimum atomic E-state index is -0.277. The van der Waals surface area contributed by atoms with Crippen LogP contribution in [0.2, 0.25) is 0 Å². The van der Waals surface area contributed by atoms with Gasteiger partial charge in [-0.25, -0.2) is 0 Å². The minimum absolute atomic E-state index is 0.0750. The zero-order chi connectivity index (χ0) is 19.5. The van der Waals surface area contributed by atoms with Gasteiger partial charge in [0.25, 0.3) is 0 Å². The van der Waals surface area contributed by atoms with Crippen LogP contribution in [0, 0.1) is 34.5 Å². The number of nitrogens with zero attached hydrogens (tertiary/aromatic N) is 2. The summed E-state index contributed by atoms with van der Waals surface area (Å²) in [6.07, 6.45) is 18.3. The number of aliphatic hydroxyl groups is 1. The van der Waals surface area contributed by atoms with Gasteiger partial charge in [0.05, 0.1) is 12.3 Å². The van der Waals surface area contributed by atoms with E-state index in [4.69, 9.17) is 0 Å². The van der Waals surface area contributed by atoms with Crippen LogP contribution >= 0.6 is 0 Å². The zero-order valence-corrected chi connectivity index (χ0v) is 18.0. The molecule has 4 aliphatic rings. The summed E-state index contributed by atoms with van der Waals surface area (Å²) < 4.78 is 1.98. The van der Waals surface area contributed by atoms with Crippen LogP contribution in [0.1, 0.15) is 84.1 Å². The quantitative estimate of drug-likeness (QED) is 0.713.